The second-order valence-electron chi connectivity index (χ2n) is 5.68. The number of benzene rings is 1. The van der Waals surface area contributed by atoms with Crippen molar-refractivity contribution in [2.45, 2.75) is 31.9 Å². The number of carboxylic acid groups (broad SMARTS) is 1. The molecule has 1 amide bonds. The first-order valence-corrected chi connectivity index (χ1v) is 8.04. The van der Waals surface area contributed by atoms with Gasteiger partial charge in [-0.05, 0) is 31.0 Å². The number of H-pyrrole nitrogens is 1. The number of hydrogen-bond donors (Lipinski definition) is 2. The minimum atomic E-state index is -5.08. The Morgan fingerprint density at radius 2 is 2.00 bits per heavy atom. The Hall–Kier alpha value is -2.69. The fourth-order valence-corrected chi connectivity index (χ4v) is 2.30. The molecule has 11 heteroatoms. The summed E-state index contributed by atoms with van der Waals surface area (Å²) in [5.41, 5.74) is 1.37. The predicted molar refractivity (Wildman–Crippen MR) is 85.0 cm³/mol. The van der Waals surface area contributed by atoms with Crippen LogP contribution in [-0.4, -0.2) is 51.3 Å². The Labute approximate surface area is 150 Å². The molecule has 1 aromatic carbocycles. The smallest absolute Gasteiger partial charge is 0.475 e. The number of rotatable bonds is 3. The number of carboxylic acids is 1. The average Bonchev–Trinajstić information content (AvgIpc) is 3.02. The van der Waals surface area contributed by atoms with Gasteiger partial charge in [0.2, 0.25) is 5.91 Å². The number of amides is 1. The van der Waals surface area contributed by atoms with E-state index in [1.165, 1.54) is 17.2 Å². The minimum absolute atomic E-state index is 0.0312. The molecule has 2 heterocycles. The lowest BCUT2D eigenvalue weighted by molar-refractivity contribution is -0.197. The van der Waals surface area contributed by atoms with E-state index in [2.05, 4.69) is 9.97 Å². The van der Waals surface area contributed by atoms with Gasteiger partial charge in [0.15, 0.2) is 0 Å². The van der Waals surface area contributed by atoms with Crippen LogP contribution in [0.5, 0.6) is 0 Å². The number of alkyl halides is 3. The van der Waals surface area contributed by atoms with Gasteiger partial charge in [-0.25, -0.2) is 19.2 Å². The van der Waals surface area contributed by atoms with E-state index < -0.39 is 12.1 Å². The lowest BCUT2D eigenvalue weighted by Gasteiger charge is -2.25. The first kappa shape index (κ1) is 20.6. The van der Waals surface area contributed by atoms with Crippen molar-refractivity contribution in [1.29, 1.82) is 0 Å². The Bertz CT molecular complexity index is 801. The summed E-state index contributed by atoms with van der Waals surface area (Å²) in [5.74, 6) is -2.40. The van der Waals surface area contributed by atoms with Gasteiger partial charge in [-0.2, -0.15) is 13.2 Å². The van der Waals surface area contributed by atoms with Crippen molar-refractivity contribution >= 4 is 22.9 Å². The third-order valence-corrected chi connectivity index (χ3v) is 3.59. The zero-order valence-corrected chi connectivity index (χ0v) is 14.1. The van der Waals surface area contributed by atoms with E-state index in [0.717, 1.165) is 12.8 Å². The third-order valence-electron chi connectivity index (χ3n) is 3.59. The summed E-state index contributed by atoms with van der Waals surface area (Å²) in [6.45, 7) is 1.26. The fourth-order valence-electron chi connectivity index (χ4n) is 2.30. The number of nitrogens with zero attached hydrogens (tertiary/aromatic N) is 2. The van der Waals surface area contributed by atoms with E-state index in [1.807, 2.05) is 0 Å². The molecule has 0 unspecified atom stereocenters. The van der Waals surface area contributed by atoms with E-state index in [-0.39, 0.29) is 11.7 Å². The average molecular weight is 391 g/mol. The Kier molecular flexibility index (Phi) is 6.72. The molecule has 0 aliphatic carbocycles. The number of aliphatic carboxylic acids is 1. The van der Waals surface area contributed by atoms with Gasteiger partial charge < -0.3 is 10.1 Å². The molecule has 2 aromatic rings. The van der Waals surface area contributed by atoms with Gasteiger partial charge in [0.25, 0.3) is 0 Å². The molecule has 0 bridgehead atoms. The van der Waals surface area contributed by atoms with E-state index in [9.17, 15) is 22.4 Å². The maximum atomic E-state index is 13.1. The van der Waals surface area contributed by atoms with Gasteiger partial charge in [0, 0.05) is 19.4 Å². The molecule has 3 rings (SSSR count). The molecule has 1 fully saturated rings. The van der Waals surface area contributed by atoms with Crippen LogP contribution >= 0.6 is 0 Å². The second kappa shape index (κ2) is 8.80. The molecule has 0 radical (unpaired) electrons. The summed E-state index contributed by atoms with van der Waals surface area (Å²) < 4.78 is 44.8. The number of fused-ring (bicyclic) bond motifs is 1. The number of imidazole rings is 1. The summed E-state index contributed by atoms with van der Waals surface area (Å²) in [7, 11) is 0. The molecular weight excluding hydrogens is 374 g/mol. The molecule has 27 heavy (non-hydrogen) atoms. The Morgan fingerprint density at radius 3 is 2.59 bits per heavy atom. The van der Waals surface area contributed by atoms with E-state index in [0.29, 0.717) is 42.9 Å². The molecule has 148 valence electrons. The van der Waals surface area contributed by atoms with Crippen molar-refractivity contribution in [2.24, 2.45) is 0 Å². The fraction of sp³-hybridized carbons (Fsp3) is 0.438. The normalized spacial score (nSPS) is 14.6. The Morgan fingerprint density at radius 1 is 1.30 bits per heavy atom. The van der Waals surface area contributed by atoms with Crippen LogP contribution in [0.4, 0.5) is 17.6 Å². The van der Waals surface area contributed by atoms with Crippen LogP contribution in [0.2, 0.25) is 0 Å². The lowest BCUT2D eigenvalue weighted by Crippen LogP contribution is -2.35. The molecular formula is C16H17F4N3O4. The first-order valence-electron chi connectivity index (χ1n) is 8.04. The quantitative estimate of drug-likeness (QED) is 0.785. The summed E-state index contributed by atoms with van der Waals surface area (Å²) in [6.07, 6.45) is -2.27. The maximum absolute atomic E-state index is 13.1. The molecule has 2 N–H and O–H groups in total. The Balaban J connectivity index is 0.000000321. The van der Waals surface area contributed by atoms with Crippen LogP contribution in [0.25, 0.3) is 11.0 Å². The van der Waals surface area contributed by atoms with Crippen LogP contribution in [-0.2, 0) is 20.8 Å². The number of aromatic nitrogens is 2. The molecule has 1 aliphatic rings. The summed E-state index contributed by atoms with van der Waals surface area (Å²) in [4.78, 5) is 33.5. The topological polar surface area (TPSA) is 95.5 Å². The zero-order chi connectivity index (χ0) is 20.0. The summed E-state index contributed by atoms with van der Waals surface area (Å²) >= 11 is 0. The minimum Gasteiger partial charge on any atom is -0.475 e. The number of aryl methyl sites for hydroxylation is 1. The molecule has 0 atom stereocenters. The monoisotopic (exact) mass is 391 g/mol. The van der Waals surface area contributed by atoms with Crippen LogP contribution in [0.15, 0.2) is 18.2 Å². The van der Waals surface area contributed by atoms with Crippen molar-refractivity contribution in [3.8, 4) is 0 Å². The van der Waals surface area contributed by atoms with E-state index >= 15 is 0 Å². The molecule has 1 aromatic heterocycles. The summed E-state index contributed by atoms with van der Waals surface area (Å²) in [5, 5.41) is 8.56. The van der Waals surface area contributed by atoms with Crippen LogP contribution in [0, 0.1) is 5.82 Å². The van der Waals surface area contributed by atoms with Gasteiger partial charge in [-0.1, -0.05) is 0 Å². The second-order valence-corrected chi connectivity index (χ2v) is 5.68. The number of aromatic amines is 1. The van der Waals surface area contributed by atoms with Crippen molar-refractivity contribution in [3.63, 3.8) is 0 Å². The molecule has 7 nitrogen and oxygen atoms in total. The SMILES string of the molecule is O=C(CCc1nc2ccc(F)cc2[nH]1)N1CCCCO1.O=C(O)C(F)(F)F. The highest BCUT2D eigenvalue weighted by molar-refractivity contribution is 5.77. The van der Waals surface area contributed by atoms with Crippen molar-refractivity contribution in [1.82, 2.24) is 15.0 Å². The van der Waals surface area contributed by atoms with Crippen molar-refractivity contribution < 1.29 is 37.1 Å². The standard InChI is InChI=1S/C14H16FN3O2.C2HF3O2/c15-10-3-4-11-12(9-10)17-13(16-11)5-6-14(19)18-7-1-2-8-20-18;3-2(4,5)1(6)7/h3-4,9H,1-2,5-8H2,(H,16,17);(H,6,7). The van der Waals surface area contributed by atoms with Gasteiger partial charge in [0.05, 0.1) is 17.6 Å². The van der Waals surface area contributed by atoms with Gasteiger partial charge >= 0.3 is 12.1 Å². The van der Waals surface area contributed by atoms with Crippen molar-refractivity contribution in [3.05, 3.63) is 29.8 Å². The zero-order valence-electron chi connectivity index (χ0n) is 14.1. The molecule has 0 spiro atoms. The largest absolute Gasteiger partial charge is 0.490 e. The highest BCUT2D eigenvalue weighted by Gasteiger charge is 2.38. The first-order chi connectivity index (χ1) is 12.7. The number of carbonyl (C=O) groups excluding carboxylic acids is 1. The van der Waals surface area contributed by atoms with Gasteiger partial charge in [-0.15, -0.1) is 0 Å². The summed E-state index contributed by atoms with van der Waals surface area (Å²) in [6, 6.07) is 4.40. The van der Waals surface area contributed by atoms with Gasteiger partial charge in [-0.3, -0.25) is 9.63 Å². The number of nitrogens with one attached hydrogen (secondary N) is 1. The molecule has 0 saturated carbocycles. The van der Waals surface area contributed by atoms with Crippen molar-refractivity contribution in [2.75, 3.05) is 13.2 Å². The van der Waals surface area contributed by atoms with Crippen LogP contribution in [0.3, 0.4) is 0 Å². The maximum Gasteiger partial charge on any atom is 0.490 e. The van der Waals surface area contributed by atoms with Gasteiger partial charge in [0.1, 0.15) is 11.6 Å². The molecule has 1 saturated heterocycles. The number of halogens is 4. The number of carbonyl (C=O) groups is 2. The van der Waals surface area contributed by atoms with E-state index in [1.54, 1.807) is 6.07 Å². The number of hydrogen-bond acceptors (Lipinski definition) is 4. The predicted octanol–water partition coefficient (Wildman–Crippen LogP) is 2.82. The van der Waals surface area contributed by atoms with Crippen LogP contribution in [0.1, 0.15) is 25.1 Å². The third kappa shape index (κ3) is 6.20. The lowest BCUT2D eigenvalue weighted by atomic mass is 10.2. The highest BCUT2D eigenvalue weighted by atomic mass is 19.4. The van der Waals surface area contributed by atoms with E-state index in [4.69, 9.17) is 14.7 Å². The number of hydroxylamine groups is 2. The molecule has 1 aliphatic heterocycles. The highest BCUT2D eigenvalue weighted by Crippen LogP contribution is 2.15. The van der Waals surface area contributed by atoms with Crippen LogP contribution < -0.4 is 0 Å².